The molecule has 0 bridgehead atoms. The molecule has 1 aromatic rings. The molecule has 0 aromatic heterocycles. The number of nitrogens with one attached hydrogen (secondary N) is 1. The summed E-state index contributed by atoms with van der Waals surface area (Å²) in [5, 5.41) is 12.2. The van der Waals surface area contributed by atoms with Crippen molar-refractivity contribution in [1.82, 2.24) is 0 Å². The lowest BCUT2D eigenvalue weighted by atomic mass is 9.71. The molecule has 4 nitrogen and oxygen atoms in total. The molecular weight excluding hydrogens is 276 g/mol. The Kier molecular flexibility index (Phi) is 6.30. The lowest BCUT2D eigenvalue weighted by Gasteiger charge is -2.35. The van der Waals surface area contributed by atoms with Crippen LogP contribution in [0.15, 0.2) is 24.3 Å². The fourth-order valence-electron chi connectivity index (χ4n) is 2.88. The van der Waals surface area contributed by atoms with Crippen LogP contribution >= 0.6 is 12.4 Å². The van der Waals surface area contributed by atoms with Gasteiger partial charge in [-0.1, -0.05) is 25.3 Å². The fourth-order valence-corrected chi connectivity index (χ4v) is 2.88. The van der Waals surface area contributed by atoms with E-state index in [4.69, 9.17) is 5.73 Å². The highest BCUT2D eigenvalue weighted by Crippen LogP contribution is 2.38. The van der Waals surface area contributed by atoms with E-state index >= 15 is 0 Å². The number of carbonyl (C=O) groups excluding carboxylic acids is 1. The van der Waals surface area contributed by atoms with Crippen LogP contribution in [0.3, 0.4) is 0 Å². The second kappa shape index (κ2) is 7.50. The summed E-state index contributed by atoms with van der Waals surface area (Å²) in [4.78, 5) is 12.1. The van der Waals surface area contributed by atoms with E-state index in [2.05, 4.69) is 5.32 Å². The number of halogens is 1. The number of nitrogens with two attached hydrogens (primary N) is 1. The molecule has 0 atom stereocenters. The third-order valence-corrected chi connectivity index (χ3v) is 4.01. The summed E-state index contributed by atoms with van der Waals surface area (Å²) in [5.41, 5.74) is 6.49. The van der Waals surface area contributed by atoms with E-state index in [1.807, 2.05) is 0 Å². The van der Waals surface area contributed by atoms with Crippen molar-refractivity contribution in [2.24, 2.45) is 11.1 Å². The van der Waals surface area contributed by atoms with Crippen LogP contribution in [0.5, 0.6) is 5.75 Å². The Bertz CT molecular complexity index is 445. The van der Waals surface area contributed by atoms with Crippen LogP contribution in [0, 0.1) is 5.41 Å². The second-order valence-electron chi connectivity index (χ2n) is 5.54. The molecule has 0 saturated heterocycles. The lowest BCUT2D eigenvalue weighted by molar-refractivity contribution is -0.118. The topological polar surface area (TPSA) is 75.4 Å². The number of benzene rings is 1. The zero-order chi connectivity index (χ0) is 13.7. The molecule has 1 aliphatic carbocycles. The first-order valence-corrected chi connectivity index (χ1v) is 6.93. The van der Waals surface area contributed by atoms with E-state index < -0.39 is 0 Å². The van der Waals surface area contributed by atoms with E-state index in [1.54, 1.807) is 24.3 Å². The first kappa shape index (κ1) is 16.8. The highest BCUT2D eigenvalue weighted by atomic mass is 35.5. The quantitative estimate of drug-likeness (QED) is 0.799. The standard InChI is InChI=1S/C15H22N2O2.ClH/c16-11-15(7-2-1-3-8-15)10-14(19)17-12-5-4-6-13(18)9-12;/h4-6,9,18H,1-3,7-8,10-11,16H2,(H,17,19);1H. The lowest BCUT2D eigenvalue weighted by Crippen LogP contribution is -2.36. The van der Waals surface area contributed by atoms with Gasteiger partial charge in [0, 0.05) is 18.2 Å². The maximum absolute atomic E-state index is 12.1. The first-order valence-electron chi connectivity index (χ1n) is 6.93. The molecule has 0 spiro atoms. The Morgan fingerprint density at radius 3 is 2.60 bits per heavy atom. The molecule has 1 fully saturated rings. The zero-order valence-electron chi connectivity index (χ0n) is 11.6. The number of phenolic OH excluding ortho intramolecular Hbond substituents is 1. The van der Waals surface area contributed by atoms with Crippen LogP contribution < -0.4 is 11.1 Å². The Balaban J connectivity index is 0.00000200. The van der Waals surface area contributed by atoms with Crippen molar-refractivity contribution in [2.45, 2.75) is 38.5 Å². The highest BCUT2D eigenvalue weighted by molar-refractivity contribution is 5.91. The molecule has 0 aliphatic heterocycles. The molecule has 0 unspecified atom stereocenters. The fraction of sp³-hybridized carbons (Fsp3) is 0.533. The van der Waals surface area contributed by atoms with E-state index in [0.717, 1.165) is 25.7 Å². The van der Waals surface area contributed by atoms with Gasteiger partial charge in [0.05, 0.1) is 0 Å². The molecule has 4 N–H and O–H groups in total. The molecule has 2 rings (SSSR count). The molecule has 0 heterocycles. The molecule has 0 radical (unpaired) electrons. The number of amides is 1. The van der Waals surface area contributed by atoms with Gasteiger partial charge < -0.3 is 16.2 Å². The molecule has 1 aromatic carbocycles. The van der Waals surface area contributed by atoms with Crippen molar-refractivity contribution in [3.63, 3.8) is 0 Å². The van der Waals surface area contributed by atoms with Gasteiger partial charge in [0.1, 0.15) is 5.75 Å². The number of carbonyl (C=O) groups is 1. The number of hydrogen-bond donors (Lipinski definition) is 3. The summed E-state index contributed by atoms with van der Waals surface area (Å²) in [6, 6.07) is 6.62. The molecule has 20 heavy (non-hydrogen) atoms. The van der Waals surface area contributed by atoms with Gasteiger partial charge in [-0.25, -0.2) is 0 Å². The summed E-state index contributed by atoms with van der Waals surface area (Å²) in [5.74, 6) is 0.141. The predicted molar refractivity (Wildman–Crippen MR) is 83.2 cm³/mol. The molecular formula is C15H23ClN2O2. The van der Waals surface area contributed by atoms with Gasteiger partial charge in [-0.2, -0.15) is 0 Å². The molecule has 112 valence electrons. The van der Waals surface area contributed by atoms with Crippen molar-refractivity contribution >= 4 is 24.0 Å². The average molecular weight is 299 g/mol. The normalized spacial score (nSPS) is 17.1. The van der Waals surface area contributed by atoms with E-state index in [1.165, 1.54) is 6.42 Å². The number of aromatic hydroxyl groups is 1. The Labute approximate surface area is 126 Å². The monoisotopic (exact) mass is 298 g/mol. The minimum Gasteiger partial charge on any atom is -0.508 e. The van der Waals surface area contributed by atoms with Gasteiger partial charge in [0.25, 0.3) is 0 Å². The van der Waals surface area contributed by atoms with Crippen LogP contribution in [0.25, 0.3) is 0 Å². The van der Waals surface area contributed by atoms with Crippen molar-refractivity contribution in [3.8, 4) is 5.75 Å². The van der Waals surface area contributed by atoms with Crippen LogP contribution in [0.1, 0.15) is 38.5 Å². The van der Waals surface area contributed by atoms with Crippen LogP contribution in [0.4, 0.5) is 5.69 Å². The van der Waals surface area contributed by atoms with Gasteiger partial charge >= 0.3 is 0 Å². The van der Waals surface area contributed by atoms with Gasteiger partial charge in [-0.3, -0.25) is 4.79 Å². The highest BCUT2D eigenvalue weighted by Gasteiger charge is 2.32. The van der Waals surface area contributed by atoms with Crippen LogP contribution in [-0.2, 0) is 4.79 Å². The first-order chi connectivity index (χ1) is 9.13. The van der Waals surface area contributed by atoms with Gasteiger partial charge in [0.15, 0.2) is 0 Å². The third-order valence-electron chi connectivity index (χ3n) is 4.01. The minimum atomic E-state index is -0.0286. The summed E-state index contributed by atoms with van der Waals surface area (Å²) < 4.78 is 0. The number of phenols is 1. The largest absolute Gasteiger partial charge is 0.508 e. The maximum atomic E-state index is 12.1. The van der Waals surface area contributed by atoms with Crippen molar-refractivity contribution in [1.29, 1.82) is 0 Å². The predicted octanol–water partition coefficient (Wildman–Crippen LogP) is 3.05. The molecule has 1 amide bonds. The van der Waals surface area contributed by atoms with E-state index in [9.17, 15) is 9.90 Å². The number of rotatable bonds is 4. The van der Waals surface area contributed by atoms with Gasteiger partial charge in [-0.15, -0.1) is 12.4 Å². The summed E-state index contributed by atoms with van der Waals surface area (Å²) >= 11 is 0. The molecule has 1 saturated carbocycles. The zero-order valence-corrected chi connectivity index (χ0v) is 12.4. The summed E-state index contributed by atoms with van der Waals surface area (Å²) in [6.45, 7) is 0.570. The Hall–Kier alpha value is -1.26. The van der Waals surface area contributed by atoms with Crippen molar-refractivity contribution in [3.05, 3.63) is 24.3 Å². The summed E-state index contributed by atoms with van der Waals surface area (Å²) in [6.07, 6.45) is 6.12. The van der Waals surface area contributed by atoms with Crippen LogP contribution in [-0.4, -0.2) is 17.6 Å². The number of hydrogen-bond acceptors (Lipinski definition) is 3. The van der Waals surface area contributed by atoms with Crippen molar-refractivity contribution in [2.75, 3.05) is 11.9 Å². The minimum absolute atomic E-state index is 0. The SMILES string of the molecule is Cl.NCC1(CC(=O)Nc2cccc(O)c2)CCCCC1. The summed E-state index contributed by atoms with van der Waals surface area (Å²) in [7, 11) is 0. The smallest absolute Gasteiger partial charge is 0.224 e. The maximum Gasteiger partial charge on any atom is 0.224 e. The third kappa shape index (κ3) is 4.39. The number of anilines is 1. The Morgan fingerprint density at radius 2 is 2.00 bits per heavy atom. The Morgan fingerprint density at radius 1 is 1.30 bits per heavy atom. The van der Waals surface area contributed by atoms with Crippen molar-refractivity contribution < 1.29 is 9.90 Å². The van der Waals surface area contributed by atoms with Gasteiger partial charge in [0.2, 0.25) is 5.91 Å². The van der Waals surface area contributed by atoms with Gasteiger partial charge in [-0.05, 0) is 36.9 Å². The van der Waals surface area contributed by atoms with E-state index in [-0.39, 0.29) is 29.5 Å². The average Bonchev–Trinajstić information content (AvgIpc) is 2.39. The van der Waals surface area contributed by atoms with Crippen LogP contribution in [0.2, 0.25) is 0 Å². The second-order valence-corrected chi connectivity index (χ2v) is 5.54. The molecule has 5 heteroatoms. The molecule has 1 aliphatic rings. The van der Waals surface area contributed by atoms with E-state index in [0.29, 0.717) is 18.7 Å².